The van der Waals surface area contributed by atoms with Gasteiger partial charge in [-0.3, -0.25) is 0 Å². The third kappa shape index (κ3) is 2.29. The van der Waals surface area contributed by atoms with Gasteiger partial charge in [0.1, 0.15) is 5.70 Å². The molecule has 3 rings (SSSR count). The van der Waals surface area contributed by atoms with Gasteiger partial charge in [0, 0.05) is 25.3 Å². The third-order valence-electron chi connectivity index (χ3n) is 3.18. The number of hydrogen-bond donors (Lipinski definition) is 0. The second kappa shape index (κ2) is 4.83. The summed E-state index contributed by atoms with van der Waals surface area (Å²) in [6.07, 6.45) is 5.75. The maximum atomic E-state index is 4.59. The van der Waals surface area contributed by atoms with E-state index in [0.717, 1.165) is 22.8 Å². The average Bonchev–Trinajstić information content (AvgIpc) is 2.47. The zero-order valence-electron chi connectivity index (χ0n) is 11.8. The average molecular weight is 264 g/mol. The summed E-state index contributed by atoms with van der Waals surface area (Å²) >= 11 is 0. The summed E-state index contributed by atoms with van der Waals surface area (Å²) in [5.74, 6) is 0.820. The molecule has 0 amide bonds. The highest BCUT2D eigenvalue weighted by Crippen LogP contribution is 2.22. The molecule has 0 bridgehead atoms. The van der Waals surface area contributed by atoms with Gasteiger partial charge in [0.25, 0.3) is 0 Å². The van der Waals surface area contributed by atoms with E-state index in [9.17, 15) is 0 Å². The highest BCUT2D eigenvalue weighted by molar-refractivity contribution is 6.07. The minimum atomic E-state index is 0.820. The van der Waals surface area contributed by atoms with E-state index in [2.05, 4.69) is 45.0 Å². The summed E-state index contributed by atoms with van der Waals surface area (Å²) in [5.41, 5.74) is 7.19. The Morgan fingerprint density at radius 1 is 1.10 bits per heavy atom. The first-order valence-corrected chi connectivity index (χ1v) is 6.49. The predicted octanol–water partition coefficient (Wildman–Crippen LogP) is 2.87. The minimum absolute atomic E-state index is 0.820. The summed E-state index contributed by atoms with van der Waals surface area (Å²) in [6.45, 7) is 1.96. The first-order valence-electron chi connectivity index (χ1n) is 6.49. The first kappa shape index (κ1) is 12.5. The van der Waals surface area contributed by atoms with E-state index >= 15 is 0 Å². The van der Waals surface area contributed by atoms with Crippen molar-refractivity contribution in [1.82, 2.24) is 5.01 Å². The second-order valence-corrected chi connectivity index (χ2v) is 4.95. The molecule has 0 unspecified atom stereocenters. The molecule has 20 heavy (non-hydrogen) atoms. The molecule has 0 fully saturated rings. The number of hydrazone groups is 1. The topological polar surface area (TPSA) is 31.2 Å². The molecule has 2 aliphatic heterocycles. The molecule has 0 saturated heterocycles. The van der Waals surface area contributed by atoms with Gasteiger partial charge in [-0.25, -0.2) is 10.0 Å². The molecule has 1 aromatic rings. The van der Waals surface area contributed by atoms with Gasteiger partial charge in [-0.2, -0.15) is 5.10 Å². The van der Waals surface area contributed by atoms with Gasteiger partial charge < -0.3 is 4.90 Å². The number of benzene rings is 1. The zero-order chi connectivity index (χ0) is 14.1. The Labute approximate surface area is 118 Å². The maximum Gasteiger partial charge on any atom is 0.155 e. The van der Waals surface area contributed by atoms with Crippen molar-refractivity contribution in [1.29, 1.82) is 0 Å². The Morgan fingerprint density at radius 3 is 2.55 bits per heavy atom. The molecule has 0 atom stereocenters. The molecular weight excluding hydrogens is 248 g/mol. The summed E-state index contributed by atoms with van der Waals surface area (Å²) in [7, 11) is 4.06. The van der Waals surface area contributed by atoms with Crippen molar-refractivity contribution in [2.75, 3.05) is 19.0 Å². The van der Waals surface area contributed by atoms with Crippen LogP contribution in [0.5, 0.6) is 0 Å². The molecule has 4 heteroatoms. The maximum absolute atomic E-state index is 4.59. The van der Waals surface area contributed by atoms with Gasteiger partial charge in [0.05, 0.1) is 11.9 Å². The van der Waals surface area contributed by atoms with Gasteiger partial charge in [-0.15, -0.1) is 0 Å². The molecule has 4 nitrogen and oxygen atoms in total. The Morgan fingerprint density at radius 2 is 1.85 bits per heavy atom. The quantitative estimate of drug-likeness (QED) is 0.769. The zero-order valence-corrected chi connectivity index (χ0v) is 11.8. The van der Waals surface area contributed by atoms with Gasteiger partial charge in [0.2, 0.25) is 0 Å². The normalized spacial score (nSPS) is 16.4. The smallest absolute Gasteiger partial charge is 0.155 e. The molecule has 2 heterocycles. The Balaban J connectivity index is 1.94. The number of hydrogen-bond acceptors (Lipinski definition) is 4. The lowest BCUT2D eigenvalue weighted by Gasteiger charge is -2.20. The number of fused-ring (bicyclic) bond motifs is 1. The van der Waals surface area contributed by atoms with Crippen molar-refractivity contribution in [3.8, 4) is 0 Å². The van der Waals surface area contributed by atoms with Gasteiger partial charge in [-0.1, -0.05) is 17.9 Å². The van der Waals surface area contributed by atoms with Gasteiger partial charge >= 0.3 is 0 Å². The Bertz CT molecular complexity index is 684. The van der Waals surface area contributed by atoms with E-state index in [1.54, 1.807) is 5.01 Å². The highest BCUT2D eigenvalue weighted by Gasteiger charge is 2.14. The number of allylic oxidation sites excluding steroid dienone is 1. The molecule has 0 N–H and O–H groups in total. The van der Waals surface area contributed by atoms with Crippen LogP contribution >= 0.6 is 0 Å². The molecule has 2 aliphatic rings. The van der Waals surface area contributed by atoms with Crippen LogP contribution < -0.4 is 4.90 Å². The van der Waals surface area contributed by atoms with E-state index in [0.29, 0.717) is 0 Å². The molecule has 100 valence electrons. The monoisotopic (exact) mass is 264 g/mol. The number of rotatable bonds is 2. The lowest BCUT2D eigenvalue weighted by Crippen LogP contribution is -2.24. The van der Waals surface area contributed by atoms with Crippen LogP contribution in [0.25, 0.3) is 5.70 Å². The van der Waals surface area contributed by atoms with Crippen molar-refractivity contribution in [3.05, 3.63) is 53.9 Å². The van der Waals surface area contributed by atoms with Crippen LogP contribution in [-0.2, 0) is 0 Å². The Hall–Kier alpha value is -2.58. The van der Waals surface area contributed by atoms with Crippen LogP contribution in [0.3, 0.4) is 0 Å². The summed E-state index contributed by atoms with van der Waals surface area (Å²) < 4.78 is 0. The summed E-state index contributed by atoms with van der Waals surface area (Å²) in [5, 5.41) is 6.11. The number of aliphatic imine (C=N–C) groups is 1. The minimum Gasteiger partial charge on any atom is -0.378 e. The predicted molar refractivity (Wildman–Crippen MR) is 83.8 cm³/mol. The third-order valence-corrected chi connectivity index (χ3v) is 3.18. The van der Waals surface area contributed by atoms with Crippen molar-refractivity contribution in [2.45, 2.75) is 6.92 Å². The lowest BCUT2D eigenvalue weighted by molar-refractivity contribution is 0.600. The SMILES string of the molecule is CC1=NN2C=C=C(c3ccc(N(C)C)cc3)N=C2C=C1. The van der Waals surface area contributed by atoms with E-state index in [4.69, 9.17) is 0 Å². The number of nitrogens with zero attached hydrogens (tertiary/aromatic N) is 4. The fourth-order valence-corrected chi connectivity index (χ4v) is 2.04. The summed E-state index contributed by atoms with van der Waals surface area (Å²) in [4.78, 5) is 6.67. The second-order valence-electron chi connectivity index (χ2n) is 4.95. The largest absolute Gasteiger partial charge is 0.378 e. The van der Waals surface area contributed by atoms with Crippen LogP contribution in [0.1, 0.15) is 12.5 Å². The van der Waals surface area contributed by atoms with E-state index in [1.165, 1.54) is 5.69 Å². The van der Waals surface area contributed by atoms with Crippen LogP contribution in [0.4, 0.5) is 5.69 Å². The molecular formula is C16H16N4. The van der Waals surface area contributed by atoms with Gasteiger partial charge in [0.15, 0.2) is 5.84 Å². The fraction of sp³-hybridized carbons (Fsp3) is 0.188. The Kier molecular flexibility index (Phi) is 3.01. The van der Waals surface area contributed by atoms with Crippen molar-refractivity contribution in [3.63, 3.8) is 0 Å². The number of amidine groups is 1. The molecule has 1 aromatic carbocycles. The molecule has 0 aromatic heterocycles. The fourth-order valence-electron chi connectivity index (χ4n) is 2.04. The van der Waals surface area contributed by atoms with Gasteiger partial charge in [-0.05, 0) is 31.2 Å². The van der Waals surface area contributed by atoms with Crippen LogP contribution in [0, 0.1) is 0 Å². The van der Waals surface area contributed by atoms with E-state index in [-0.39, 0.29) is 0 Å². The van der Waals surface area contributed by atoms with Crippen molar-refractivity contribution >= 4 is 22.9 Å². The van der Waals surface area contributed by atoms with Crippen LogP contribution in [-0.4, -0.2) is 30.7 Å². The lowest BCUT2D eigenvalue weighted by atomic mass is 10.1. The molecule has 0 radical (unpaired) electrons. The number of anilines is 1. The standard InChI is InChI=1S/C16H16N4/c1-12-4-9-16-17-15(10-11-20(16)18-12)13-5-7-14(8-6-13)19(2)3/h4-9,11H,1-3H3. The van der Waals surface area contributed by atoms with Crippen LogP contribution in [0.15, 0.2) is 58.4 Å². The van der Waals surface area contributed by atoms with Crippen molar-refractivity contribution < 1.29 is 0 Å². The van der Waals surface area contributed by atoms with Crippen LogP contribution in [0.2, 0.25) is 0 Å². The van der Waals surface area contributed by atoms with E-state index < -0.39 is 0 Å². The van der Waals surface area contributed by atoms with E-state index in [1.807, 2.05) is 39.4 Å². The summed E-state index contributed by atoms with van der Waals surface area (Å²) in [6, 6.07) is 8.28. The highest BCUT2D eigenvalue weighted by atomic mass is 15.5. The molecule has 0 aliphatic carbocycles. The molecule has 0 saturated carbocycles. The molecule has 0 spiro atoms. The van der Waals surface area contributed by atoms with Crippen molar-refractivity contribution in [2.24, 2.45) is 10.1 Å². The first-order chi connectivity index (χ1) is 9.63.